The number of halogens is 3. The summed E-state index contributed by atoms with van der Waals surface area (Å²) in [5.74, 6) is -0.0943. The van der Waals surface area contributed by atoms with Crippen LogP contribution in [0.15, 0.2) is 18.2 Å². The molecule has 0 atom stereocenters. The van der Waals surface area contributed by atoms with Crippen LogP contribution in [0.5, 0.6) is 5.75 Å². The molecular formula is C11H9F3O2. The fourth-order valence-corrected chi connectivity index (χ4v) is 1.53. The molecule has 0 heterocycles. The van der Waals surface area contributed by atoms with Crippen LogP contribution in [0.25, 0.3) is 0 Å². The number of ether oxygens (including phenoxy) is 1. The van der Waals surface area contributed by atoms with E-state index in [1.54, 1.807) is 6.07 Å². The molecule has 2 rings (SSSR count). The number of hydrogen-bond donors (Lipinski definition) is 0. The molecule has 1 aromatic carbocycles. The van der Waals surface area contributed by atoms with Crippen molar-refractivity contribution < 1.29 is 22.7 Å². The van der Waals surface area contributed by atoms with Crippen molar-refractivity contribution in [3.63, 3.8) is 0 Å². The highest BCUT2D eigenvalue weighted by Crippen LogP contribution is 2.42. The number of hydrogen-bond acceptors (Lipinski definition) is 2. The van der Waals surface area contributed by atoms with E-state index in [4.69, 9.17) is 0 Å². The molecule has 0 spiro atoms. The molecule has 0 unspecified atom stereocenters. The minimum atomic E-state index is -4.76. The number of rotatable bonds is 3. The minimum Gasteiger partial charge on any atom is -0.405 e. The second kappa shape index (κ2) is 3.81. The second-order valence-electron chi connectivity index (χ2n) is 3.74. The SMILES string of the molecule is O=Cc1ccc(C2CC2)cc1OC(F)(F)F. The largest absolute Gasteiger partial charge is 0.573 e. The predicted octanol–water partition coefficient (Wildman–Crippen LogP) is 3.28. The van der Waals surface area contributed by atoms with Gasteiger partial charge in [0.1, 0.15) is 5.75 Å². The maximum absolute atomic E-state index is 12.1. The average molecular weight is 230 g/mol. The highest BCUT2D eigenvalue weighted by Gasteiger charge is 2.33. The van der Waals surface area contributed by atoms with E-state index in [9.17, 15) is 18.0 Å². The quantitative estimate of drug-likeness (QED) is 0.745. The van der Waals surface area contributed by atoms with Crippen molar-refractivity contribution in [1.29, 1.82) is 0 Å². The third-order valence-electron chi connectivity index (χ3n) is 2.44. The molecule has 16 heavy (non-hydrogen) atoms. The van der Waals surface area contributed by atoms with E-state index in [-0.39, 0.29) is 5.56 Å². The Morgan fingerprint density at radius 3 is 2.50 bits per heavy atom. The van der Waals surface area contributed by atoms with E-state index in [1.165, 1.54) is 12.1 Å². The molecule has 1 aliphatic carbocycles. The van der Waals surface area contributed by atoms with Gasteiger partial charge < -0.3 is 4.74 Å². The fourth-order valence-electron chi connectivity index (χ4n) is 1.53. The van der Waals surface area contributed by atoms with Gasteiger partial charge >= 0.3 is 6.36 Å². The number of benzene rings is 1. The molecule has 86 valence electrons. The van der Waals surface area contributed by atoms with Gasteiger partial charge in [-0.05, 0) is 36.5 Å². The average Bonchev–Trinajstić information content (AvgIpc) is 2.98. The van der Waals surface area contributed by atoms with Crippen LogP contribution in [0.4, 0.5) is 13.2 Å². The van der Waals surface area contributed by atoms with Crippen molar-refractivity contribution in [1.82, 2.24) is 0 Å². The van der Waals surface area contributed by atoms with Gasteiger partial charge in [-0.25, -0.2) is 0 Å². The number of alkyl halides is 3. The topological polar surface area (TPSA) is 26.3 Å². The van der Waals surface area contributed by atoms with Crippen LogP contribution < -0.4 is 4.74 Å². The highest BCUT2D eigenvalue weighted by molar-refractivity contribution is 5.79. The molecule has 5 heteroatoms. The zero-order valence-corrected chi connectivity index (χ0v) is 8.25. The Morgan fingerprint density at radius 2 is 2.00 bits per heavy atom. The van der Waals surface area contributed by atoms with Gasteiger partial charge in [0.2, 0.25) is 0 Å². The first-order chi connectivity index (χ1) is 7.49. The molecule has 1 fully saturated rings. The Hall–Kier alpha value is -1.52. The summed E-state index contributed by atoms with van der Waals surface area (Å²) in [6, 6.07) is 4.33. The lowest BCUT2D eigenvalue weighted by Crippen LogP contribution is -2.18. The maximum Gasteiger partial charge on any atom is 0.573 e. The summed E-state index contributed by atoms with van der Waals surface area (Å²) in [7, 11) is 0. The van der Waals surface area contributed by atoms with E-state index in [2.05, 4.69) is 4.74 Å². The summed E-state index contributed by atoms with van der Waals surface area (Å²) in [5.41, 5.74) is 0.714. The first-order valence-electron chi connectivity index (χ1n) is 4.84. The van der Waals surface area contributed by atoms with Gasteiger partial charge in [-0.15, -0.1) is 13.2 Å². The lowest BCUT2D eigenvalue weighted by Gasteiger charge is -2.11. The lowest BCUT2D eigenvalue weighted by molar-refractivity contribution is -0.274. The van der Waals surface area contributed by atoms with Gasteiger partial charge in [0, 0.05) is 0 Å². The highest BCUT2D eigenvalue weighted by atomic mass is 19.4. The van der Waals surface area contributed by atoms with Gasteiger partial charge in [0.15, 0.2) is 6.29 Å². The summed E-state index contributed by atoms with van der Waals surface area (Å²) in [6.07, 6.45) is -2.45. The predicted molar refractivity (Wildman–Crippen MR) is 50.5 cm³/mol. The summed E-state index contributed by atoms with van der Waals surface area (Å²) in [5, 5.41) is 0. The van der Waals surface area contributed by atoms with E-state index < -0.39 is 12.1 Å². The van der Waals surface area contributed by atoms with Crippen molar-refractivity contribution in [2.45, 2.75) is 25.1 Å². The van der Waals surface area contributed by atoms with Crippen LogP contribution in [0.2, 0.25) is 0 Å². The normalized spacial score (nSPS) is 15.9. The van der Waals surface area contributed by atoms with Gasteiger partial charge in [0.25, 0.3) is 0 Å². The Kier molecular flexibility index (Phi) is 2.61. The third kappa shape index (κ3) is 2.53. The van der Waals surface area contributed by atoms with Gasteiger partial charge in [-0.1, -0.05) is 6.07 Å². The summed E-state index contributed by atoms with van der Waals surface area (Å²) >= 11 is 0. The summed E-state index contributed by atoms with van der Waals surface area (Å²) < 4.78 is 40.0. The van der Waals surface area contributed by atoms with Crippen LogP contribution in [0.1, 0.15) is 34.7 Å². The van der Waals surface area contributed by atoms with Crippen molar-refractivity contribution in [3.8, 4) is 5.75 Å². The minimum absolute atomic E-state index is 0.0817. The van der Waals surface area contributed by atoms with E-state index in [0.717, 1.165) is 18.4 Å². The Balaban J connectivity index is 2.31. The van der Waals surface area contributed by atoms with Gasteiger partial charge in [0.05, 0.1) is 5.56 Å². The zero-order valence-electron chi connectivity index (χ0n) is 8.25. The molecule has 0 N–H and O–H groups in total. The van der Waals surface area contributed by atoms with E-state index >= 15 is 0 Å². The number of aldehydes is 1. The third-order valence-corrected chi connectivity index (χ3v) is 2.44. The lowest BCUT2D eigenvalue weighted by atomic mass is 10.1. The van der Waals surface area contributed by atoms with Crippen LogP contribution >= 0.6 is 0 Å². The standard InChI is InChI=1S/C11H9F3O2/c12-11(13,14)16-10-5-8(7-1-2-7)3-4-9(10)6-15/h3-7H,1-2H2. The molecule has 0 aromatic heterocycles. The van der Waals surface area contributed by atoms with E-state index in [1.807, 2.05) is 0 Å². The summed E-state index contributed by atoms with van der Waals surface area (Å²) in [6.45, 7) is 0. The smallest absolute Gasteiger partial charge is 0.405 e. The molecule has 1 aliphatic rings. The Morgan fingerprint density at radius 1 is 1.31 bits per heavy atom. The first-order valence-corrected chi connectivity index (χ1v) is 4.84. The molecule has 1 aromatic rings. The first kappa shape index (κ1) is 11.0. The fraction of sp³-hybridized carbons (Fsp3) is 0.364. The van der Waals surface area contributed by atoms with Gasteiger partial charge in [-0.3, -0.25) is 4.79 Å². The van der Waals surface area contributed by atoms with Crippen molar-refractivity contribution in [2.24, 2.45) is 0 Å². The summed E-state index contributed by atoms with van der Waals surface area (Å²) in [4.78, 5) is 10.6. The molecule has 0 saturated heterocycles. The van der Waals surface area contributed by atoms with Crippen molar-refractivity contribution in [3.05, 3.63) is 29.3 Å². The van der Waals surface area contributed by atoms with Crippen molar-refractivity contribution in [2.75, 3.05) is 0 Å². The molecule has 0 aliphatic heterocycles. The number of carbonyl (C=O) groups excluding carboxylic acids is 1. The molecule has 2 nitrogen and oxygen atoms in total. The maximum atomic E-state index is 12.1. The van der Waals surface area contributed by atoms with Crippen LogP contribution in [-0.2, 0) is 0 Å². The van der Waals surface area contributed by atoms with E-state index in [0.29, 0.717) is 12.2 Å². The van der Waals surface area contributed by atoms with Crippen LogP contribution in [0, 0.1) is 0 Å². The molecule has 0 bridgehead atoms. The number of carbonyl (C=O) groups is 1. The molecular weight excluding hydrogens is 221 g/mol. The van der Waals surface area contributed by atoms with Crippen LogP contribution in [0.3, 0.4) is 0 Å². The Labute approximate surface area is 90.0 Å². The van der Waals surface area contributed by atoms with Gasteiger partial charge in [-0.2, -0.15) is 0 Å². The monoisotopic (exact) mass is 230 g/mol. The zero-order chi connectivity index (χ0) is 11.8. The van der Waals surface area contributed by atoms with Crippen LogP contribution in [-0.4, -0.2) is 12.6 Å². The van der Waals surface area contributed by atoms with Crippen molar-refractivity contribution >= 4 is 6.29 Å². The molecule has 0 amide bonds. The second-order valence-corrected chi connectivity index (χ2v) is 3.74. The Bertz CT molecular complexity index is 408. The molecule has 0 radical (unpaired) electrons. The molecule has 1 saturated carbocycles.